The molecule has 10 heteroatoms. The number of benzene rings is 2. The summed E-state index contributed by atoms with van der Waals surface area (Å²) in [4.78, 5) is 22.7. The Morgan fingerprint density at radius 1 is 1.26 bits per heavy atom. The fourth-order valence-corrected chi connectivity index (χ4v) is 4.11. The highest BCUT2D eigenvalue weighted by Gasteiger charge is 2.24. The molecule has 1 aliphatic heterocycles. The van der Waals surface area contributed by atoms with Crippen molar-refractivity contribution in [3.8, 4) is 5.75 Å². The van der Waals surface area contributed by atoms with Crippen molar-refractivity contribution in [2.24, 2.45) is 0 Å². The summed E-state index contributed by atoms with van der Waals surface area (Å²) in [5.74, 6) is 0.967. The van der Waals surface area contributed by atoms with Crippen LogP contribution < -0.4 is 25.6 Å². The maximum Gasteiger partial charge on any atom is 0.247 e. The number of carbonyl (C=O) groups is 1. The highest BCUT2D eigenvalue weighted by atomic mass is 35.5. The predicted molar refractivity (Wildman–Crippen MR) is 139 cm³/mol. The zero-order chi connectivity index (χ0) is 24.8. The molecule has 0 saturated carbocycles. The first-order chi connectivity index (χ1) is 17.0. The van der Waals surface area contributed by atoms with Gasteiger partial charge in [0, 0.05) is 18.3 Å². The Balaban J connectivity index is 1.56. The summed E-state index contributed by atoms with van der Waals surface area (Å²) in [7, 11) is 1.60. The Kier molecular flexibility index (Phi) is 7.69. The first-order valence-corrected chi connectivity index (χ1v) is 11.5. The van der Waals surface area contributed by atoms with Crippen LogP contribution in [0.15, 0.2) is 61.3 Å². The van der Waals surface area contributed by atoms with Crippen LogP contribution in [0.4, 0.5) is 34.5 Å². The smallest absolute Gasteiger partial charge is 0.247 e. The van der Waals surface area contributed by atoms with Gasteiger partial charge in [-0.3, -0.25) is 4.79 Å². The maximum atomic E-state index is 11.8. The van der Waals surface area contributed by atoms with Gasteiger partial charge in [-0.2, -0.15) is 4.98 Å². The molecule has 182 valence electrons. The van der Waals surface area contributed by atoms with E-state index in [1.54, 1.807) is 25.3 Å². The Morgan fingerprint density at radius 2 is 2.06 bits per heavy atom. The summed E-state index contributed by atoms with van der Waals surface area (Å²) in [5.41, 5.74) is 2.84. The van der Waals surface area contributed by atoms with E-state index in [1.807, 2.05) is 24.3 Å². The van der Waals surface area contributed by atoms with E-state index in [1.165, 1.54) is 12.3 Å². The number of hydrogen-bond donors (Lipinski definition) is 4. The molecule has 1 saturated heterocycles. The summed E-state index contributed by atoms with van der Waals surface area (Å²) >= 11 is 6.34. The molecule has 1 aromatic heterocycles. The normalized spacial score (nSPS) is 14.9. The molecule has 1 aliphatic rings. The summed E-state index contributed by atoms with van der Waals surface area (Å²) in [5, 5.41) is 19.0. The molecule has 2 heterocycles. The Hall–Kier alpha value is -3.82. The minimum atomic E-state index is -0.329. The SMILES string of the molecule is C=CC(=O)Nc1ccccc1Nc1nc(Nc2ccc(N3CCC[C@@H]3CO)cc2OC)ncc1Cl. The number of aliphatic hydroxyl groups is 1. The number of aromatic nitrogens is 2. The van der Waals surface area contributed by atoms with Gasteiger partial charge in [-0.25, -0.2) is 4.98 Å². The Labute approximate surface area is 208 Å². The number of halogens is 1. The lowest BCUT2D eigenvalue weighted by Crippen LogP contribution is -2.31. The van der Waals surface area contributed by atoms with E-state index in [0.717, 1.165) is 25.1 Å². The average Bonchev–Trinajstić information content (AvgIpc) is 3.36. The van der Waals surface area contributed by atoms with Crippen molar-refractivity contribution in [2.45, 2.75) is 18.9 Å². The fourth-order valence-electron chi connectivity index (χ4n) is 3.98. The van der Waals surface area contributed by atoms with E-state index in [0.29, 0.717) is 39.6 Å². The molecule has 35 heavy (non-hydrogen) atoms. The van der Waals surface area contributed by atoms with Crippen LogP contribution in [0, 0.1) is 0 Å². The molecule has 1 amide bonds. The molecule has 0 aliphatic carbocycles. The van der Waals surface area contributed by atoms with Crippen LogP contribution in [0.5, 0.6) is 5.75 Å². The number of methoxy groups -OCH3 is 1. The number of nitrogens with zero attached hydrogens (tertiary/aromatic N) is 3. The quantitative estimate of drug-likeness (QED) is 0.316. The molecule has 2 aromatic carbocycles. The zero-order valence-corrected chi connectivity index (χ0v) is 20.0. The summed E-state index contributed by atoms with van der Waals surface area (Å²) in [6, 6.07) is 13.1. The fraction of sp³-hybridized carbons (Fsp3) is 0.240. The lowest BCUT2D eigenvalue weighted by molar-refractivity contribution is -0.111. The van der Waals surface area contributed by atoms with Gasteiger partial charge in [-0.1, -0.05) is 30.3 Å². The van der Waals surface area contributed by atoms with Gasteiger partial charge in [-0.05, 0) is 43.2 Å². The molecular formula is C25H27ClN6O3. The largest absolute Gasteiger partial charge is 0.494 e. The number of rotatable bonds is 9. The van der Waals surface area contributed by atoms with Crippen molar-refractivity contribution in [3.05, 3.63) is 66.3 Å². The van der Waals surface area contributed by atoms with Crippen LogP contribution in [0.25, 0.3) is 0 Å². The number of amides is 1. The van der Waals surface area contributed by atoms with E-state index in [-0.39, 0.29) is 18.6 Å². The molecule has 4 rings (SSSR count). The van der Waals surface area contributed by atoms with Crippen molar-refractivity contribution in [1.29, 1.82) is 0 Å². The topological polar surface area (TPSA) is 112 Å². The van der Waals surface area contributed by atoms with Gasteiger partial charge >= 0.3 is 0 Å². The number of hydrogen-bond acceptors (Lipinski definition) is 8. The van der Waals surface area contributed by atoms with Crippen molar-refractivity contribution >= 4 is 52.0 Å². The van der Waals surface area contributed by atoms with Gasteiger partial charge in [0.05, 0.1) is 43.0 Å². The second-order valence-corrected chi connectivity index (χ2v) is 8.34. The molecular weight excluding hydrogens is 468 g/mol. The third-order valence-corrected chi connectivity index (χ3v) is 6.00. The standard InChI is InChI=1S/C25H27ClN6O3/c1-3-23(34)28-19-8-4-5-9-20(19)29-24-18(26)14-27-25(31-24)30-21-11-10-16(13-22(21)35-2)32-12-6-7-17(32)15-33/h3-5,8-11,13-14,17,33H,1,6-7,12,15H2,2H3,(H,28,34)(H2,27,29,30,31)/t17-/m1/s1. The molecule has 3 aromatic rings. The zero-order valence-electron chi connectivity index (χ0n) is 19.3. The third-order valence-electron chi connectivity index (χ3n) is 5.72. The van der Waals surface area contributed by atoms with Crippen molar-refractivity contribution in [1.82, 2.24) is 9.97 Å². The number of aliphatic hydroxyl groups excluding tert-OH is 1. The van der Waals surface area contributed by atoms with E-state index in [2.05, 4.69) is 37.4 Å². The second-order valence-electron chi connectivity index (χ2n) is 7.94. The third kappa shape index (κ3) is 5.64. The minimum absolute atomic E-state index is 0.117. The van der Waals surface area contributed by atoms with Gasteiger partial charge in [0.25, 0.3) is 0 Å². The highest BCUT2D eigenvalue weighted by molar-refractivity contribution is 6.33. The highest BCUT2D eigenvalue weighted by Crippen LogP contribution is 2.35. The molecule has 0 spiro atoms. The van der Waals surface area contributed by atoms with Crippen LogP contribution in [0.2, 0.25) is 5.02 Å². The number of anilines is 6. The van der Waals surface area contributed by atoms with Gasteiger partial charge in [0.2, 0.25) is 11.9 Å². The van der Waals surface area contributed by atoms with Crippen LogP contribution >= 0.6 is 11.6 Å². The Bertz CT molecular complexity index is 1220. The molecule has 1 fully saturated rings. The monoisotopic (exact) mass is 494 g/mol. The van der Waals surface area contributed by atoms with E-state index < -0.39 is 0 Å². The van der Waals surface area contributed by atoms with Crippen LogP contribution in [0.1, 0.15) is 12.8 Å². The lowest BCUT2D eigenvalue weighted by Gasteiger charge is -2.26. The van der Waals surface area contributed by atoms with E-state index in [4.69, 9.17) is 16.3 Å². The molecule has 0 bridgehead atoms. The van der Waals surface area contributed by atoms with Crippen LogP contribution in [-0.4, -0.2) is 47.3 Å². The summed E-state index contributed by atoms with van der Waals surface area (Å²) in [6.45, 7) is 4.50. The maximum absolute atomic E-state index is 11.8. The molecule has 4 N–H and O–H groups in total. The van der Waals surface area contributed by atoms with Crippen molar-refractivity contribution < 1.29 is 14.6 Å². The van der Waals surface area contributed by atoms with Gasteiger partial charge in [-0.15, -0.1) is 0 Å². The number of carbonyl (C=O) groups excluding carboxylic acids is 1. The number of ether oxygens (including phenoxy) is 1. The van der Waals surface area contributed by atoms with Gasteiger partial charge in [0.1, 0.15) is 10.8 Å². The van der Waals surface area contributed by atoms with E-state index >= 15 is 0 Å². The molecule has 0 unspecified atom stereocenters. The molecule has 1 atom stereocenters. The van der Waals surface area contributed by atoms with Gasteiger partial charge < -0.3 is 30.7 Å². The molecule has 0 radical (unpaired) electrons. The van der Waals surface area contributed by atoms with Crippen LogP contribution in [-0.2, 0) is 4.79 Å². The first kappa shape index (κ1) is 24.3. The molecule has 9 nitrogen and oxygen atoms in total. The average molecular weight is 495 g/mol. The Morgan fingerprint density at radius 3 is 2.80 bits per heavy atom. The van der Waals surface area contributed by atoms with Gasteiger partial charge in [0.15, 0.2) is 5.82 Å². The second kappa shape index (κ2) is 11.1. The van der Waals surface area contributed by atoms with Crippen LogP contribution in [0.3, 0.4) is 0 Å². The van der Waals surface area contributed by atoms with Crippen molar-refractivity contribution in [2.75, 3.05) is 41.1 Å². The predicted octanol–water partition coefficient (Wildman–Crippen LogP) is 4.71. The minimum Gasteiger partial charge on any atom is -0.494 e. The lowest BCUT2D eigenvalue weighted by atomic mass is 10.2. The summed E-state index contributed by atoms with van der Waals surface area (Å²) in [6.07, 6.45) is 4.69. The summed E-state index contributed by atoms with van der Waals surface area (Å²) < 4.78 is 5.60. The first-order valence-electron chi connectivity index (χ1n) is 11.2. The number of nitrogens with one attached hydrogen (secondary N) is 3. The number of para-hydroxylation sites is 2. The van der Waals surface area contributed by atoms with Crippen molar-refractivity contribution in [3.63, 3.8) is 0 Å². The van der Waals surface area contributed by atoms with E-state index in [9.17, 15) is 9.90 Å².